The fourth-order valence-electron chi connectivity index (χ4n) is 2.86. The van der Waals surface area contributed by atoms with Gasteiger partial charge < -0.3 is 18.9 Å². The normalized spacial score (nSPS) is 17.6. The number of aryl methyl sites for hydroxylation is 2. The van der Waals surface area contributed by atoms with Crippen molar-refractivity contribution in [3.05, 3.63) is 29.4 Å². The van der Waals surface area contributed by atoms with Crippen LogP contribution in [0.3, 0.4) is 0 Å². The molecule has 1 aliphatic heterocycles. The summed E-state index contributed by atoms with van der Waals surface area (Å²) in [4.78, 5) is 22.7. The van der Waals surface area contributed by atoms with E-state index in [1.807, 2.05) is 0 Å². The Labute approximate surface area is 139 Å². The minimum absolute atomic E-state index is 0.0781. The number of nitrogens with zero attached hydrogens (tertiary/aromatic N) is 4. The summed E-state index contributed by atoms with van der Waals surface area (Å²) < 4.78 is 16.2. The number of hydrogen-bond acceptors (Lipinski definition) is 7. The highest BCUT2D eigenvalue weighted by molar-refractivity contribution is 5.96. The molecule has 3 heterocycles. The van der Waals surface area contributed by atoms with Crippen LogP contribution in [0.4, 0.5) is 0 Å². The highest BCUT2D eigenvalue weighted by Crippen LogP contribution is 2.25. The zero-order chi connectivity index (χ0) is 17.1. The molecular formula is C16H20N4O4. The molecular weight excluding hydrogens is 312 g/mol. The van der Waals surface area contributed by atoms with Crippen molar-refractivity contribution in [2.45, 2.75) is 32.8 Å². The van der Waals surface area contributed by atoms with E-state index in [0.29, 0.717) is 41.9 Å². The van der Waals surface area contributed by atoms with Crippen LogP contribution in [0.2, 0.25) is 0 Å². The second-order valence-corrected chi connectivity index (χ2v) is 5.70. The Hall–Kier alpha value is -2.64. The molecule has 8 heteroatoms. The van der Waals surface area contributed by atoms with Crippen LogP contribution in [-0.4, -0.2) is 52.2 Å². The van der Waals surface area contributed by atoms with E-state index < -0.39 is 0 Å². The highest BCUT2D eigenvalue weighted by Gasteiger charge is 2.29. The van der Waals surface area contributed by atoms with E-state index in [1.165, 1.54) is 7.11 Å². The third kappa shape index (κ3) is 3.17. The monoisotopic (exact) mass is 332 g/mol. The van der Waals surface area contributed by atoms with Gasteiger partial charge in [-0.05, 0) is 26.7 Å². The summed E-state index contributed by atoms with van der Waals surface area (Å²) in [6, 6.07) is 0. The summed E-state index contributed by atoms with van der Waals surface area (Å²) in [5.41, 5.74) is 1.14. The van der Waals surface area contributed by atoms with Crippen molar-refractivity contribution in [2.24, 2.45) is 0 Å². The standard InChI is InChI=1S/C16H20N4O4/c1-10-13(11(2)24-19-10)16(21)20-8-4-5-12(9-20)23-15-14(22-3)17-6-7-18-15/h6-7,12H,4-5,8-9H2,1-3H3/t12-/m0/s1. The Morgan fingerprint density at radius 3 is 2.71 bits per heavy atom. The summed E-state index contributed by atoms with van der Waals surface area (Å²) in [6.07, 6.45) is 4.62. The SMILES string of the molecule is COc1nccnc1O[C@H]1CCCN(C(=O)c2c(C)noc2C)C1. The Morgan fingerprint density at radius 2 is 2.04 bits per heavy atom. The van der Waals surface area contributed by atoms with E-state index in [0.717, 1.165) is 12.8 Å². The Morgan fingerprint density at radius 1 is 1.29 bits per heavy atom. The fraction of sp³-hybridized carbons (Fsp3) is 0.500. The van der Waals surface area contributed by atoms with Crippen LogP contribution in [0.1, 0.15) is 34.7 Å². The van der Waals surface area contributed by atoms with Gasteiger partial charge in [0.2, 0.25) is 0 Å². The zero-order valence-electron chi connectivity index (χ0n) is 14.0. The van der Waals surface area contributed by atoms with Crippen LogP contribution in [0.5, 0.6) is 11.8 Å². The molecule has 1 amide bonds. The topological polar surface area (TPSA) is 90.6 Å². The minimum atomic E-state index is -0.159. The number of aromatic nitrogens is 3. The molecule has 0 saturated carbocycles. The molecule has 24 heavy (non-hydrogen) atoms. The van der Waals surface area contributed by atoms with Crippen molar-refractivity contribution in [3.8, 4) is 11.8 Å². The Kier molecular flexibility index (Phi) is 4.64. The number of carbonyl (C=O) groups is 1. The zero-order valence-corrected chi connectivity index (χ0v) is 14.0. The van der Waals surface area contributed by atoms with E-state index in [4.69, 9.17) is 14.0 Å². The molecule has 0 aliphatic carbocycles. The molecule has 1 atom stereocenters. The van der Waals surface area contributed by atoms with E-state index in [-0.39, 0.29) is 12.0 Å². The Bertz CT molecular complexity index is 711. The first-order valence-corrected chi connectivity index (χ1v) is 7.84. The molecule has 128 valence electrons. The maximum absolute atomic E-state index is 12.7. The van der Waals surface area contributed by atoms with E-state index >= 15 is 0 Å². The van der Waals surface area contributed by atoms with Crippen molar-refractivity contribution < 1.29 is 18.8 Å². The average molecular weight is 332 g/mol. The molecule has 1 aliphatic rings. The number of methoxy groups -OCH3 is 1. The lowest BCUT2D eigenvalue weighted by Gasteiger charge is -2.32. The predicted molar refractivity (Wildman–Crippen MR) is 84.1 cm³/mol. The molecule has 0 aromatic carbocycles. The second-order valence-electron chi connectivity index (χ2n) is 5.70. The van der Waals surface area contributed by atoms with Gasteiger partial charge in [-0.25, -0.2) is 9.97 Å². The van der Waals surface area contributed by atoms with Crippen molar-refractivity contribution >= 4 is 5.91 Å². The van der Waals surface area contributed by atoms with Gasteiger partial charge in [-0.15, -0.1) is 0 Å². The average Bonchev–Trinajstić information content (AvgIpc) is 2.93. The lowest BCUT2D eigenvalue weighted by Crippen LogP contribution is -2.44. The number of rotatable bonds is 4. The third-order valence-electron chi connectivity index (χ3n) is 4.02. The summed E-state index contributed by atoms with van der Waals surface area (Å²) in [6.45, 7) is 4.67. The summed E-state index contributed by atoms with van der Waals surface area (Å²) in [5.74, 6) is 1.14. The maximum Gasteiger partial charge on any atom is 0.278 e. The van der Waals surface area contributed by atoms with Crippen LogP contribution in [0.25, 0.3) is 0 Å². The number of hydrogen-bond donors (Lipinski definition) is 0. The molecule has 2 aromatic heterocycles. The second kappa shape index (κ2) is 6.86. The van der Waals surface area contributed by atoms with Gasteiger partial charge in [0.1, 0.15) is 17.4 Å². The number of amides is 1. The van der Waals surface area contributed by atoms with Gasteiger partial charge in [-0.1, -0.05) is 5.16 Å². The highest BCUT2D eigenvalue weighted by atomic mass is 16.5. The largest absolute Gasteiger partial charge is 0.477 e. The van der Waals surface area contributed by atoms with Crippen LogP contribution in [0, 0.1) is 13.8 Å². The molecule has 0 N–H and O–H groups in total. The predicted octanol–water partition coefficient (Wildman–Crippen LogP) is 1.77. The first-order chi connectivity index (χ1) is 11.6. The van der Waals surface area contributed by atoms with Crippen LogP contribution < -0.4 is 9.47 Å². The number of ether oxygens (including phenoxy) is 2. The van der Waals surface area contributed by atoms with Gasteiger partial charge in [-0.3, -0.25) is 4.79 Å². The van der Waals surface area contributed by atoms with Crippen molar-refractivity contribution in [2.75, 3.05) is 20.2 Å². The summed E-state index contributed by atoms with van der Waals surface area (Å²) in [5, 5.41) is 3.85. The summed E-state index contributed by atoms with van der Waals surface area (Å²) in [7, 11) is 1.52. The van der Waals surface area contributed by atoms with E-state index in [2.05, 4.69) is 15.1 Å². The van der Waals surface area contributed by atoms with Gasteiger partial charge in [0.15, 0.2) is 0 Å². The number of carbonyl (C=O) groups excluding carboxylic acids is 1. The van der Waals surface area contributed by atoms with Gasteiger partial charge in [-0.2, -0.15) is 0 Å². The number of likely N-dealkylation sites (tertiary alicyclic amines) is 1. The fourth-order valence-corrected chi connectivity index (χ4v) is 2.86. The van der Waals surface area contributed by atoms with E-state index in [9.17, 15) is 4.79 Å². The lowest BCUT2D eigenvalue weighted by atomic mass is 10.1. The van der Waals surface area contributed by atoms with Gasteiger partial charge in [0.05, 0.1) is 19.3 Å². The van der Waals surface area contributed by atoms with Crippen molar-refractivity contribution in [1.29, 1.82) is 0 Å². The smallest absolute Gasteiger partial charge is 0.278 e. The molecule has 0 unspecified atom stereocenters. The third-order valence-corrected chi connectivity index (χ3v) is 4.02. The molecule has 1 fully saturated rings. The molecule has 3 rings (SSSR count). The van der Waals surface area contributed by atoms with Gasteiger partial charge in [0, 0.05) is 18.9 Å². The van der Waals surface area contributed by atoms with Crippen molar-refractivity contribution in [1.82, 2.24) is 20.0 Å². The first-order valence-electron chi connectivity index (χ1n) is 7.84. The van der Waals surface area contributed by atoms with E-state index in [1.54, 1.807) is 31.1 Å². The summed E-state index contributed by atoms with van der Waals surface area (Å²) >= 11 is 0. The quantitative estimate of drug-likeness (QED) is 0.842. The van der Waals surface area contributed by atoms with Gasteiger partial charge in [0.25, 0.3) is 17.7 Å². The molecule has 0 spiro atoms. The van der Waals surface area contributed by atoms with Crippen LogP contribution >= 0.6 is 0 Å². The minimum Gasteiger partial charge on any atom is -0.477 e. The lowest BCUT2D eigenvalue weighted by molar-refractivity contribution is 0.0517. The maximum atomic E-state index is 12.7. The molecule has 2 aromatic rings. The molecule has 0 bridgehead atoms. The molecule has 1 saturated heterocycles. The molecule has 0 radical (unpaired) electrons. The first kappa shape index (κ1) is 16.2. The van der Waals surface area contributed by atoms with Gasteiger partial charge >= 0.3 is 0 Å². The molecule has 8 nitrogen and oxygen atoms in total. The van der Waals surface area contributed by atoms with Crippen LogP contribution in [-0.2, 0) is 0 Å². The number of piperidine rings is 1. The van der Waals surface area contributed by atoms with Crippen molar-refractivity contribution in [3.63, 3.8) is 0 Å². The Balaban J connectivity index is 1.71. The van der Waals surface area contributed by atoms with Crippen LogP contribution in [0.15, 0.2) is 16.9 Å².